The third-order valence-corrected chi connectivity index (χ3v) is 5.71. The number of ether oxygens (including phenoxy) is 2. The zero-order valence-corrected chi connectivity index (χ0v) is 18.6. The molecule has 2 aromatic rings. The van der Waals surface area contributed by atoms with Gasteiger partial charge in [0.25, 0.3) is 0 Å². The minimum atomic E-state index is -3.13. The molecule has 0 amide bonds. The zero-order valence-electron chi connectivity index (χ0n) is 14.5. The Hall–Kier alpha value is -0.810. The van der Waals surface area contributed by atoms with Crippen LogP contribution in [0.15, 0.2) is 39.3 Å². The third-order valence-electron chi connectivity index (χ3n) is 3.58. The molecule has 25 heavy (non-hydrogen) atoms. The molecular weight excluding hydrogens is 471 g/mol. The van der Waals surface area contributed by atoms with Crippen molar-refractivity contribution in [1.29, 1.82) is 0 Å². The van der Waals surface area contributed by atoms with Crippen molar-refractivity contribution >= 4 is 39.2 Å². The van der Waals surface area contributed by atoms with E-state index < -0.39 is 7.37 Å². The molecule has 0 radical (unpaired) electrons. The van der Waals surface area contributed by atoms with E-state index in [1.807, 2.05) is 18.2 Å². The monoisotopic (exact) mass is 490 g/mol. The summed E-state index contributed by atoms with van der Waals surface area (Å²) in [7, 11) is -1.48. The van der Waals surface area contributed by atoms with Crippen LogP contribution >= 0.6 is 39.2 Å². The van der Waals surface area contributed by atoms with Crippen LogP contribution in [0.3, 0.4) is 0 Å². The molecule has 0 bridgehead atoms. The fourth-order valence-electron chi connectivity index (χ4n) is 2.48. The zero-order chi connectivity index (χ0) is 18.8. The van der Waals surface area contributed by atoms with Gasteiger partial charge < -0.3 is 14.4 Å². The fraction of sp³-hybridized carbons (Fsp3) is 0.333. The molecule has 2 rings (SSSR count). The highest BCUT2D eigenvalue weighted by molar-refractivity contribution is 9.11. The molecule has 0 saturated carbocycles. The second-order valence-electron chi connectivity index (χ2n) is 6.26. The second kappa shape index (κ2) is 8.26. The summed E-state index contributed by atoms with van der Waals surface area (Å²) in [5, 5.41) is 0. The van der Waals surface area contributed by atoms with Crippen LogP contribution in [-0.2, 0) is 10.7 Å². The molecule has 1 unspecified atom stereocenters. The molecule has 0 saturated heterocycles. The lowest BCUT2D eigenvalue weighted by molar-refractivity contribution is 0.405. The van der Waals surface area contributed by atoms with Gasteiger partial charge in [0.2, 0.25) is 7.37 Å². The molecule has 2 aromatic carbocycles. The van der Waals surface area contributed by atoms with Crippen LogP contribution in [0.4, 0.5) is 0 Å². The number of rotatable bonds is 6. The predicted octanol–water partition coefficient (Wildman–Crippen LogP) is 6.54. The smallest absolute Gasteiger partial charge is 0.201 e. The summed E-state index contributed by atoms with van der Waals surface area (Å²) in [6.07, 6.45) is 0.116. The summed E-state index contributed by atoms with van der Waals surface area (Å²) < 4.78 is 24.5. The Labute approximate surface area is 165 Å². The maximum absolute atomic E-state index is 11.6. The summed E-state index contributed by atoms with van der Waals surface area (Å²) in [5.74, 6) is 2.45. The normalized spacial score (nSPS) is 13.6. The van der Waals surface area contributed by atoms with E-state index in [0.29, 0.717) is 26.4 Å². The topological polar surface area (TPSA) is 55.8 Å². The Morgan fingerprint density at radius 1 is 1.16 bits per heavy atom. The van der Waals surface area contributed by atoms with Crippen molar-refractivity contribution in [1.82, 2.24) is 0 Å². The van der Waals surface area contributed by atoms with E-state index in [9.17, 15) is 9.46 Å². The number of hydrogen-bond acceptors (Lipinski definition) is 3. The van der Waals surface area contributed by atoms with Crippen LogP contribution in [0, 0.1) is 0 Å². The van der Waals surface area contributed by atoms with E-state index in [-0.39, 0.29) is 6.16 Å². The molecule has 0 aliphatic rings. The van der Waals surface area contributed by atoms with Gasteiger partial charge in [-0.2, -0.15) is 0 Å². The Bertz CT molecular complexity index is 792. The van der Waals surface area contributed by atoms with E-state index in [1.54, 1.807) is 19.2 Å². The van der Waals surface area contributed by atoms with Crippen molar-refractivity contribution in [2.45, 2.75) is 25.9 Å². The van der Waals surface area contributed by atoms with Gasteiger partial charge in [0.05, 0.1) is 16.1 Å². The molecule has 1 N–H and O–H groups in total. The largest absolute Gasteiger partial charge is 0.496 e. The molecule has 4 nitrogen and oxygen atoms in total. The Kier molecular flexibility index (Phi) is 6.77. The highest BCUT2D eigenvalue weighted by atomic mass is 79.9. The summed E-state index contributed by atoms with van der Waals surface area (Å²) in [6, 6.07) is 9.31. The minimum Gasteiger partial charge on any atom is -0.496 e. The van der Waals surface area contributed by atoms with Gasteiger partial charge in [-0.15, -0.1) is 0 Å². The average Bonchev–Trinajstić information content (AvgIpc) is 2.49. The van der Waals surface area contributed by atoms with Gasteiger partial charge in [-0.3, -0.25) is 4.57 Å². The van der Waals surface area contributed by atoms with Gasteiger partial charge >= 0.3 is 0 Å². The molecule has 0 fully saturated rings. The van der Waals surface area contributed by atoms with Gasteiger partial charge in [0, 0.05) is 18.4 Å². The molecule has 0 aliphatic heterocycles. The first kappa shape index (κ1) is 20.5. The molecule has 136 valence electrons. The summed E-state index contributed by atoms with van der Waals surface area (Å²) >= 11 is 6.98. The Morgan fingerprint density at radius 2 is 1.76 bits per heavy atom. The van der Waals surface area contributed by atoms with Gasteiger partial charge in [-0.25, -0.2) is 0 Å². The number of methoxy groups -OCH3 is 1. The van der Waals surface area contributed by atoms with Crippen molar-refractivity contribution in [2.24, 2.45) is 0 Å². The summed E-state index contributed by atoms with van der Waals surface area (Å²) in [4.78, 5) is 9.57. The first-order valence-electron chi connectivity index (χ1n) is 7.73. The maximum Gasteiger partial charge on any atom is 0.201 e. The molecular formula is C18H21Br2O4P. The highest BCUT2D eigenvalue weighted by Crippen LogP contribution is 2.44. The molecule has 0 aromatic heterocycles. The quantitative estimate of drug-likeness (QED) is 0.466. The van der Waals surface area contributed by atoms with Crippen LogP contribution < -0.4 is 9.47 Å². The van der Waals surface area contributed by atoms with E-state index >= 15 is 0 Å². The average molecular weight is 492 g/mol. The van der Waals surface area contributed by atoms with Crippen molar-refractivity contribution in [3.63, 3.8) is 0 Å². The van der Waals surface area contributed by atoms with Crippen LogP contribution in [0.25, 0.3) is 0 Å². The molecule has 1 atom stereocenters. The van der Waals surface area contributed by atoms with E-state index in [1.165, 1.54) is 6.66 Å². The van der Waals surface area contributed by atoms with Gasteiger partial charge in [-0.05, 0) is 73.7 Å². The van der Waals surface area contributed by atoms with E-state index in [4.69, 9.17) is 9.47 Å². The highest BCUT2D eigenvalue weighted by Gasteiger charge is 2.16. The minimum absolute atomic E-state index is 0.116. The van der Waals surface area contributed by atoms with Crippen LogP contribution in [0.1, 0.15) is 30.9 Å². The van der Waals surface area contributed by atoms with Crippen molar-refractivity contribution < 1.29 is 18.9 Å². The lowest BCUT2D eigenvalue weighted by Crippen LogP contribution is -1.96. The number of benzene rings is 2. The molecule has 0 heterocycles. The maximum atomic E-state index is 11.6. The van der Waals surface area contributed by atoms with Gasteiger partial charge in [0.1, 0.15) is 11.5 Å². The van der Waals surface area contributed by atoms with Crippen LogP contribution in [0.5, 0.6) is 17.2 Å². The van der Waals surface area contributed by atoms with Crippen LogP contribution in [0.2, 0.25) is 0 Å². The van der Waals surface area contributed by atoms with E-state index in [2.05, 4.69) is 45.7 Å². The van der Waals surface area contributed by atoms with Crippen LogP contribution in [-0.4, -0.2) is 18.7 Å². The Balaban J connectivity index is 2.35. The first-order chi connectivity index (χ1) is 11.6. The van der Waals surface area contributed by atoms with Crippen molar-refractivity contribution in [3.8, 4) is 17.2 Å². The Morgan fingerprint density at radius 3 is 2.24 bits per heavy atom. The fourth-order valence-corrected chi connectivity index (χ4v) is 4.79. The van der Waals surface area contributed by atoms with Crippen molar-refractivity contribution in [3.05, 3.63) is 50.4 Å². The van der Waals surface area contributed by atoms with Crippen molar-refractivity contribution in [2.75, 3.05) is 13.8 Å². The molecule has 0 spiro atoms. The molecule has 0 aliphatic carbocycles. The molecule has 7 heteroatoms. The summed E-state index contributed by atoms with van der Waals surface area (Å²) in [6.45, 7) is 5.55. The lowest BCUT2D eigenvalue weighted by atomic mass is 10.0. The first-order valence-corrected chi connectivity index (χ1v) is 11.6. The summed E-state index contributed by atoms with van der Waals surface area (Å²) in [5.41, 5.74) is 1.83. The lowest BCUT2D eigenvalue weighted by Gasteiger charge is -2.16. The van der Waals surface area contributed by atoms with Gasteiger partial charge in [0.15, 0.2) is 5.75 Å². The SMILES string of the molecule is COc1ccc(Oc2c(Br)cc(CP(C)(=O)O)cc2Br)cc1C(C)C. The third kappa shape index (κ3) is 5.58. The van der Waals surface area contributed by atoms with Gasteiger partial charge in [-0.1, -0.05) is 13.8 Å². The van der Waals surface area contributed by atoms with E-state index in [0.717, 1.165) is 16.9 Å². The number of halogens is 2. The number of hydrogen-bond donors (Lipinski definition) is 1. The second-order valence-corrected chi connectivity index (χ2v) is 10.4. The standard InChI is InChI=1S/C18H21Br2O4P/c1-11(2)14-9-13(5-6-17(14)23-3)24-18-15(19)7-12(8-16(18)20)10-25(4,21)22/h5-9,11H,10H2,1-4H3,(H,21,22). The predicted molar refractivity (Wildman–Crippen MR) is 108 cm³/mol.